The van der Waals surface area contributed by atoms with E-state index in [0.29, 0.717) is 0 Å². The molecule has 1 N–H and O–H groups in total. The summed E-state index contributed by atoms with van der Waals surface area (Å²) in [5.74, 6) is 0.845. The zero-order valence-electron chi connectivity index (χ0n) is 10.1. The number of benzene rings is 1. The zero-order valence-corrected chi connectivity index (χ0v) is 10.1. The number of piperidine rings is 1. The summed E-state index contributed by atoms with van der Waals surface area (Å²) in [7, 11) is 0. The maximum absolute atomic E-state index is 5.57. The monoisotopic (exact) mass is 229 g/mol. The maximum atomic E-state index is 5.57. The predicted molar refractivity (Wildman–Crippen MR) is 70.1 cm³/mol. The normalized spacial score (nSPS) is 20.8. The van der Waals surface area contributed by atoms with Gasteiger partial charge in [0.1, 0.15) is 5.58 Å². The minimum Gasteiger partial charge on any atom is -0.464 e. The molecule has 2 heteroatoms. The van der Waals surface area contributed by atoms with E-state index in [1.54, 1.807) is 0 Å². The Morgan fingerprint density at radius 2 is 2.24 bits per heavy atom. The molecule has 90 valence electrons. The zero-order chi connectivity index (χ0) is 11.5. The van der Waals surface area contributed by atoms with Crippen LogP contribution in [0.4, 0.5) is 0 Å². The number of para-hydroxylation sites is 1. The second kappa shape index (κ2) is 4.92. The van der Waals surface area contributed by atoms with Crippen molar-refractivity contribution in [2.75, 3.05) is 13.1 Å². The summed E-state index contributed by atoms with van der Waals surface area (Å²) in [5, 5.41) is 4.77. The SMILES string of the molecule is c1ccc2c(CCC3CCCNC3)coc2c1. The number of rotatable bonds is 3. The third-order valence-electron chi connectivity index (χ3n) is 3.78. The Bertz CT molecular complexity index is 482. The molecule has 1 aliphatic rings. The molecule has 0 radical (unpaired) electrons. The minimum absolute atomic E-state index is 0.845. The molecule has 1 fully saturated rings. The Kier molecular flexibility index (Phi) is 3.14. The molecule has 2 aromatic rings. The van der Waals surface area contributed by atoms with Crippen molar-refractivity contribution in [3.63, 3.8) is 0 Å². The van der Waals surface area contributed by atoms with Crippen molar-refractivity contribution in [3.05, 3.63) is 36.1 Å². The summed E-state index contributed by atoms with van der Waals surface area (Å²) in [6, 6.07) is 8.32. The molecule has 1 saturated heterocycles. The predicted octanol–water partition coefficient (Wildman–Crippen LogP) is 3.37. The highest BCUT2D eigenvalue weighted by molar-refractivity contribution is 5.80. The Morgan fingerprint density at radius 3 is 3.12 bits per heavy atom. The van der Waals surface area contributed by atoms with Crippen molar-refractivity contribution >= 4 is 11.0 Å². The Hall–Kier alpha value is -1.28. The first kappa shape index (κ1) is 10.8. The summed E-state index contributed by atoms with van der Waals surface area (Å²) in [4.78, 5) is 0. The van der Waals surface area contributed by atoms with Gasteiger partial charge in [0.15, 0.2) is 0 Å². The number of furan rings is 1. The molecule has 0 aliphatic carbocycles. The first-order valence-corrected chi connectivity index (χ1v) is 6.59. The van der Waals surface area contributed by atoms with Crippen molar-refractivity contribution in [3.8, 4) is 0 Å². The van der Waals surface area contributed by atoms with Gasteiger partial charge in [0.05, 0.1) is 6.26 Å². The highest BCUT2D eigenvalue weighted by Crippen LogP contribution is 2.24. The molecule has 0 saturated carbocycles. The highest BCUT2D eigenvalue weighted by Gasteiger charge is 2.14. The second-order valence-corrected chi connectivity index (χ2v) is 5.01. The standard InChI is InChI=1S/C15H19NO/c1-2-6-15-14(5-1)13(11-17-15)8-7-12-4-3-9-16-10-12/h1-2,5-6,11-12,16H,3-4,7-10H2. The van der Waals surface area contributed by atoms with Crippen LogP contribution in [0.2, 0.25) is 0 Å². The van der Waals surface area contributed by atoms with Crippen molar-refractivity contribution in [1.82, 2.24) is 5.32 Å². The molecule has 17 heavy (non-hydrogen) atoms. The van der Waals surface area contributed by atoms with E-state index >= 15 is 0 Å². The first-order valence-electron chi connectivity index (χ1n) is 6.59. The molecule has 0 bridgehead atoms. The quantitative estimate of drug-likeness (QED) is 0.873. The molecule has 1 aromatic carbocycles. The summed E-state index contributed by atoms with van der Waals surface area (Å²) < 4.78 is 5.57. The van der Waals surface area contributed by atoms with Gasteiger partial charge < -0.3 is 9.73 Å². The number of fused-ring (bicyclic) bond motifs is 1. The van der Waals surface area contributed by atoms with Gasteiger partial charge in [0.25, 0.3) is 0 Å². The largest absolute Gasteiger partial charge is 0.464 e. The molecule has 3 rings (SSSR count). The van der Waals surface area contributed by atoms with Crippen LogP contribution < -0.4 is 5.32 Å². The fourth-order valence-corrected chi connectivity index (χ4v) is 2.76. The van der Waals surface area contributed by atoms with Gasteiger partial charge >= 0.3 is 0 Å². The molecule has 1 aliphatic heterocycles. The van der Waals surface area contributed by atoms with Crippen LogP contribution in [-0.4, -0.2) is 13.1 Å². The molecule has 1 unspecified atom stereocenters. The number of hydrogen-bond acceptors (Lipinski definition) is 2. The number of hydrogen-bond donors (Lipinski definition) is 1. The third-order valence-corrected chi connectivity index (χ3v) is 3.78. The van der Waals surface area contributed by atoms with E-state index in [0.717, 1.165) is 17.9 Å². The molecular formula is C15H19NO. The molecule has 0 spiro atoms. The van der Waals surface area contributed by atoms with Crippen LogP contribution in [0.15, 0.2) is 34.9 Å². The average Bonchev–Trinajstić information content (AvgIpc) is 2.81. The smallest absolute Gasteiger partial charge is 0.134 e. The molecule has 0 amide bonds. The van der Waals surface area contributed by atoms with Gasteiger partial charge in [-0.05, 0) is 56.3 Å². The minimum atomic E-state index is 0.845. The lowest BCUT2D eigenvalue weighted by atomic mass is 9.93. The maximum Gasteiger partial charge on any atom is 0.134 e. The lowest BCUT2D eigenvalue weighted by Gasteiger charge is -2.22. The van der Waals surface area contributed by atoms with Crippen LogP contribution in [0.5, 0.6) is 0 Å². The van der Waals surface area contributed by atoms with Gasteiger partial charge in [-0.3, -0.25) is 0 Å². The molecule has 2 nitrogen and oxygen atoms in total. The molecular weight excluding hydrogens is 210 g/mol. The van der Waals surface area contributed by atoms with Gasteiger partial charge in [0.2, 0.25) is 0 Å². The van der Waals surface area contributed by atoms with Gasteiger partial charge in [-0.1, -0.05) is 18.2 Å². The van der Waals surface area contributed by atoms with E-state index < -0.39 is 0 Å². The molecule has 1 aromatic heterocycles. The lowest BCUT2D eigenvalue weighted by Crippen LogP contribution is -2.29. The van der Waals surface area contributed by atoms with E-state index in [9.17, 15) is 0 Å². The second-order valence-electron chi connectivity index (χ2n) is 5.01. The molecule has 2 heterocycles. The van der Waals surface area contributed by atoms with Crippen molar-refractivity contribution in [1.29, 1.82) is 0 Å². The number of nitrogens with one attached hydrogen (secondary N) is 1. The van der Waals surface area contributed by atoms with Crippen LogP contribution in [0, 0.1) is 5.92 Å². The van der Waals surface area contributed by atoms with E-state index in [2.05, 4.69) is 17.4 Å². The van der Waals surface area contributed by atoms with Crippen molar-refractivity contribution in [2.24, 2.45) is 5.92 Å². The summed E-state index contributed by atoms with van der Waals surface area (Å²) in [6.45, 7) is 2.39. The van der Waals surface area contributed by atoms with Gasteiger partial charge in [-0.15, -0.1) is 0 Å². The van der Waals surface area contributed by atoms with E-state index in [1.165, 1.54) is 43.3 Å². The van der Waals surface area contributed by atoms with E-state index in [4.69, 9.17) is 4.42 Å². The Balaban J connectivity index is 1.68. The van der Waals surface area contributed by atoms with E-state index in [-0.39, 0.29) is 0 Å². The highest BCUT2D eigenvalue weighted by atomic mass is 16.3. The van der Waals surface area contributed by atoms with Crippen LogP contribution in [0.3, 0.4) is 0 Å². The number of aryl methyl sites for hydroxylation is 1. The topological polar surface area (TPSA) is 25.2 Å². The first-order chi connectivity index (χ1) is 8.43. The summed E-state index contributed by atoms with van der Waals surface area (Å²) in [5.41, 5.74) is 2.38. The summed E-state index contributed by atoms with van der Waals surface area (Å²) in [6.07, 6.45) is 7.06. The van der Waals surface area contributed by atoms with Gasteiger partial charge in [0, 0.05) is 5.39 Å². The fourth-order valence-electron chi connectivity index (χ4n) is 2.76. The van der Waals surface area contributed by atoms with E-state index in [1.807, 2.05) is 18.4 Å². The molecule has 1 atom stereocenters. The van der Waals surface area contributed by atoms with Gasteiger partial charge in [-0.2, -0.15) is 0 Å². The fraction of sp³-hybridized carbons (Fsp3) is 0.467. The Morgan fingerprint density at radius 1 is 1.29 bits per heavy atom. The van der Waals surface area contributed by atoms with Crippen LogP contribution in [-0.2, 0) is 6.42 Å². The van der Waals surface area contributed by atoms with Gasteiger partial charge in [-0.25, -0.2) is 0 Å². The van der Waals surface area contributed by atoms with Crippen LogP contribution in [0.25, 0.3) is 11.0 Å². The lowest BCUT2D eigenvalue weighted by molar-refractivity contribution is 0.358. The van der Waals surface area contributed by atoms with Crippen LogP contribution in [0.1, 0.15) is 24.8 Å². The van der Waals surface area contributed by atoms with Crippen molar-refractivity contribution in [2.45, 2.75) is 25.7 Å². The Labute approximate surface area is 102 Å². The average molecular weight is 229 g/mol. The van der Waals surface area contributed by atoms with Crippen molar-refractivity contribution < 1.29 is 4.42 Å². The van der Waals surface area contributed by atoms with Crippen LogP contribution >= 0.6 is 0 Å². The third kappa shape index (κ3) is 2.37. The summed E-state index contributed by atoms with van der Waals surface area (Å²) >= 11 is 0.